The molecule has 0 aliphatic rings. The monoisotopic (exact) mass is 188 g/mol. The average molecular weight is 188 g/mol. The van der Waals surface area contributed by atoms with E-state index in [-0.39, 0.29) is 0 Å². The van der Waals surface area contributed by atoms with Crippen LogP contribution in [0.4, 0.5) is 0 Å². The molecule has 0 atom stereocenters. The first-order valence-electron chi connectivity index (χ1n) is 5.04. The van der Waals surface area contributed by atoms with Gasteiger partial charge in [0.15, 0.2) is 0 Å². The summed E-state index contributed by atoms with van der Waals surface area (Å²) in [4.78, 5) is 0. The minimum Gasteiger partial charge on any atom is -0.339 e. The normalized spacial score (nSPS) is 9.64. The molecule has 74 valence electrons. The van der Waals surface area contributed by atoms with Gasteiger partial charge in [0.1, 0.15) is 11.8 Å². The minimum atomic E-state index is 0.758. The third kappa shape index (κ3) is 3.10. The van der Waals surface area contributed by atoms with Crippen molar-refractivity contribution in [2.45, 2.75) is 32.2 Å². The topological polar surface area (TPSA) is 28.7 Å². The summed E-state index contributed by atoms with van der Waals surface area (Å²) in [5.74, 6) is 0. The van der Waals surface area contributed by atoms with Crippen LogP contribution in [-0.4, -0.2) is 4.57 Å². The smallest absolute Gasteiger partial charge is 0.120 e. The number of nitrogens with zero attached hydrogens (tertiary/aromatic N) is 2. The summed E-state index contributed by atoms with van der Waals surface area (Å²) in [5, 5.41) is 8.76. The predicted molar refractivity (Wildman–Crippen MR) is 57.8 cm³/mol. The van der Waals surface area contributed by atoms with Gasteiger partial charge in [-0.05, 0) is 31.4 Å². The second kappa shape index (κ2) is 6.04. The Morgan fingerprint density at radius 3 is 3.00 bits per heavy atom. The fourth-order valence-corrected chi connectivity index (χ4v) is 1.46. The van der Waals surface area contributed by atoms with Gasteiger partial charge < -0.3 is 4.57 Å². The average Bonchev–Trinajstić information content (AvgIpc) is 2.65. The van der Waals surface area contributed by atoms with Gasteiger partial charge in [-0.15, -0.1) is 6.58 Å². The van der Waals surface area contributed by atoms with E-state index in [4.69, 9.17) is 5.26 Å². The zero-order chi connectivity index (χ0) is 10.2. The molecular formula is C12H16N2. The molecule has 0 aliphatic heterocycles. The van der Waals surface area contributed by atoms with Crippen molar-refractivity contribution in [3.63, 3.8) is 0 Å². The summed E-state index contributed by atoms with van der Waals surface area (Å²) < 4.78 is 2.01. The van der Waals surface area contributed by atoms with Crippen LogP contribution in [0.5, 0.6) is 0 Å². The highest BCUT2D eigenvalue weighted by Crippen LogP contribution is 2.06. The summed E-state index contributed by atoms with van der Waals surface area (Å²) in [6, 6.07) is 5.94. The van der Waals surface area contributed by atoms with E-state index in [1.807, 2.05) is 29.0 Å². The second-order valence-corrected chi connectivity index (χ2v) is 3.34. The third-order valence-corrected chi connectivity index (χ3v) is 2.25. The number of aromatic nitrogens is 1. The molecule has 0 bridgehead atoms. The molecule has 0 spiro atoms. The summed E-state index contributed by atoms with van der Waals surface area (Å²) in [6.45, 7) is 4.64. The summed E-state index contributed by atoms with van der Waals surface area (Å²) >= 11 is 0. The maximum absolute atomic E-state index is 8.76. The first-order valence-corrected chi connectivity index (χ1v) is 5.04. The molecule has 2 nitrogen and oxygen atoms in total. The van der Waals surface area contributed by atoms with Gasteiger partial charge in [-0.2, -0.15) is 5.26 Å². The van der Waals surface area contributed by atoms with Crippen molar-refractivity contribution in [3.8, 4) is 6.07 Å². The predicted octanol–water partition coefficient (Wildman–Crippen LogP) is 3.11. The lowest BCUT2D eigenvalue weighted by molar-refractivity contribution is 0.589. The molecule has 0 saturated heterocycles. The molecule has 1 aromatic heterocycles. The Hall–Kier alpha value is -1.49. The number of hydrogen-bond donors (Lipinski definition) is 0. The molecule has 0 aromatic carbocycles. The van der Waals surface area contributed by atoms with Gasteiger partial charge in [-0.3, -0.25) is 0 Å². The van der Waals surface area contributed by atoms with E-state index in [1.165, 1.54) is 12.8 Å². The fraction of sp³-hybridized carbons (Fsp3) is 0.417. The van der Waals surface area contributed by atoms with E-state index in [2.05, 4.69) is 12.6 Å². The van der Waals surface area contributed by atoms with Crippen LogP contribution in [0, 0.1) is 11.3 Å². The van der Waals surface area contributed by atoms with Crippen LogP contribution in [-0.2, 0) is 6.54 Å². The van der Waals surface area contributed by atoms with E-state index in [0.29, 0.717) is 0 Å². The standard InChI is InChI=1S/C12H16N2/c1-2-3-4-5-6-9-14-10-7-8-12(14)11-13/h2,7-8,10H,1,3-6,9H2. The molecule has 14 heavy (non-hydrogen) atoms. The zero-order valence-electron chi connectivity index (χ0n) is 8.45. The van der Waals surface area contributed by atoms with Crippen LogP contribution in [0.15, 0.2) is 31.0 Å². The van der Waals surface area contributed by atoms with Crippen LogP contribution in [0.25, 0.3) is 0 Å². The van der Waals surface area contributed by atoms with Crippen LogP contribution >= 0.6 is 0 Å². The number of nitriles is 1. The Bertz CT molecular complexity index is 317. The molecule has 0 N–H and O–H groups in total. The molecule has 0 amide bonds. The number of unbranched alkanes of at least 4 members (excludes halogenated alkanes) is 3. The van der Waals surface area contributed by atoms with Gasteiger partial charge in [0, 0.05) is 12.7 Å². The zero-order valence-corrected chi connectivity index (χ0v) is 8.45. The summed E-state index contributed by atoms with van der Waals surface area (Å²) in [5.41, 5.74) is 0.758. The van der Waals surface area contributed by atoms with Gasteiger partial charge >= 0.3 is 0 Å². The number of aryl methyl sites for hydroxylation is 1. The van der Waals surface area contributed by atoms with Crippen molar-refractivity contribution in [1.82, 2.24) is 4.57 Å². The molecule has 0 saturated carbocycles. The van der Waals surface area contributed by atoms with E-state index in [0.717, 1.165) is 25.1 Å². The third-order valence-electron chi connectivity index (χ3n) is 2.25. The lowest BCUT2D eigenvalue weighted by Gasteiger charge is -2.03. The van der Waals surface area contributed by atoms with Gasteiger partial charge in [0.25, 0.3) is 0 Å². The van der Waals surface area contributed by atoms with E-state index < -0.39 is 0 Å². The Morgan fingerprint density at radius 2 is 2.29 bits per heavy atom. The van der Waals surface area contributed by atoms with Crippen LogP contribution in [0.2, 0.25) is 0 Å². The number of allylic oxidation sites excluding steroid dienone is 1. The van der Waals surface area contributed by atoms with Gasteiger partial charge in [-0.1, -0.05) is 12.5 Å². The first-order chi connectivity index (χ1) is 6.88. The molecular weight excluding hydrogens is 172 g/mol. The van der Waals surface area contributed by atoms with Crippen molar-refractivity contribution in [2.75, 3.05) is 0 Å². The molecule has 0 unspecified atom stereocenters. The largest absolute Gasteiger partial charge is 0.339 e. The number of hydrogen-bond acceptors (Lipinski definition) is 1. The van der Waals surface area contributed by atoms with E-state index in [9.17, 15) is 0 Å². The molecule has 0 radical (unpaired) electrons. The Balaban J connectivity index is 2.25. The second-order valence-electron chi connectivity index (χ2n) is 3.34. The van der Waals surface area contributed by atoms with Crippen molar-refractivity contribution in [1.29, 1.82) is 5.26 Å². The maximum Gasteiger partial charge on any atom is 0.120 e. The van der Waals surface area contributed by atoms with Gasteiger partial charge in [-0.25, -0.2) is 0 Å². The highest BCUT2D eigenvalue weighted by molar-refractivity contribution is 5.21. The van der Waals surface area contributed by atoms with Gasteiger partial charge in [0.2, 0.25) is 0 Å². The highest BCUT2D eigenvalue weighted by Gasteiger charge is 1.97. The SMILES string of the molecule is C=CCCCCCn1cccc1C#N. The Kier molecular flexibility index (Phi) is 4.57. The van der Waals surface area contributed by atoms with Crippen molar-refractivity contribution < 1.29 is 0 Å². The van der Waals surface area contributed by atoms with E-state index >= 15 is 0 Å². The lowest BCUT2D eigenvalue weighted by Crippen LogP contribution is -1.98. The molecule has 2 heteroatoms. The molecule has 1 heterocycles. The first kappa shape index (κ1) is 10.6. The van der Waals surface area contributed by atoms with Crippen LogP contribution < -0.4 is 0 Å². The molecule has 0 fully saturated rings. The maximum atomic E-state index is 8.76. The number of rotatable bonds is 6. The Labute approximate surface area is 85.5 Å². The molecule has 0 aliphatic carbocycles. The minimum absolute atomic E-state index is 0.758. The van der Waals surface area contributed by atoms with Crippen LogP contribution in [0.3, 0.4) is 0 Å². The van der Waals surface area contributed by atoms with Crippen LogP contribution in [0.1, 0.15) is 31.4 Å². The Morgan fingerprint density at radius 1 is 1.43 bits per heavy atom. The molecule has 1 aromatic rings. The lowest BCUT2D eigenvalue weighted by atomic mass is 10.2. The van der Waals surface area contributed by atoms with E-state index in [1.54, 1.807) is 0 Å². The summed E-state index contributed by atoms with van der Waals surface area (Å²) in [7, 11) is 0. The molecule has 1 rings (SSSR count). The quantitative estimate of drug-likeness (QED) is 0.498. The van der Waals surface area contributed by atoms with Crippen molar-refractivity contribution in [3.05, 3.63) is 36.7 Å². The van der Waals surface area contributed by atoms with Gasteiger partial charge in [0.05, 0.1) is 0 Å². The highest BCUT2D eigenvalue weighted by atomic mass is 15.0. The summed E-state index contributed by atoms with van der Waals surface area (Å²) in [6.07, 6.45) is 8.55. The van der Waals surface area contributed by atoms with Crippen molar-refractivity contribution in [2.24, 2.45) is 0 Å². The fourth-order valence-electron chi connectivity index (χ4n) is 1.46. The van der Waals surface area contributed by atoms with Crippen molar-refractivity contribution >= 4 is 0 Å².